The van der Waals surface area contributed by atoms with E-state index in [0.29, 0.717) is 12.3 Å². The van der Waals surface area contributed by atoms with E-state index in [1.807, 2.05) is 0 Å². The molecular weight excluding hydrogens is 254 g/mol. The van der Waals surface area contributed by atoms with Gasteiger partial charge in [0.2, 0.25) is 0 Å². The summed E-state index contributed by atoms with van der Waals surface area (Å²) in [5.74, 6) is 0.631. The van der Waals surface area contributed by atoms with Gasteiger partial charge in [-0.3, -0.25) is 4.79 Å². The Morgan fingerprint density at radius 1 is 1.10 bits per heavy atom. The van der Waals surface area contributed by atoms with Gasteiger partial charge in [0.05, 0.1) is 6.10 Å². The lowest BCUT2D eigenvalue weighted by Crippen LogP contribution is -2.39. The fraction of sp³-hybridized carbons (Fsp3) is 0.938. The molecule has 1 aliphatic carbocycles. The average molecular weight is 283 g/mol. The Labute approximate surface area is 122 Å². The maximum absolute atomic E-state index is 10.6. The molecule has 1 saturated heterocycles. The molecule has 4 nitrogen and oxygen atoms in total. The number of aliphatic hydroxyl groups is 1. The SMILES string of the molecule is O=C(O)CCC1CCN(CC(O)CC2CCCC2)CC1. The van der Waals surface area contributed by atoms with Crippen LogP contribution in [-0.4, -0.2) is 46.8 Å². The summed E-state index contributed by atoms with van der Waals surface area (Å²) < 4.78 is 0. The number of β-amino-alcohol motifs (C(OH)–C–C–N with tert-alkyl or cyclic N) is 1. The molecule has 1 atom stereocenters. The van der Waals surface area contributed by atoms with Gasteiger partial charge < -0.3 is 15.1 Å². The molecule has 1 aliphatic heterocycles. The van der Waals surface area contributed by atoms with Gasteiger partial charge in [-0.1, -0.05) is 25.7 Å². The molecule has 0 bridgehead atoms. The molecule has 116 valence electrons. The van der Waals surface area contributed by atoms with Crippen molar-refractivity contribution >= 4 is 5.97 Å². The number of likely N-dealkylation sites (tertiary alicyclic amines) is 1. The number of carboxylic acids is 1. The van der Waals surface area contributed by atoms with Crippen molar-refractivity contribution in [1.82, 2.24) is 4.90 Å². The zero-order valence-electron chi connectivity index (χ0n) is 12.5. The summed E-state index contributed by atoms with van der Waals surface area (Å²) in [5.41, 5.74) is 0. The van der Waals surface area contributed by atoms with Crippen LogP contribution in [0.25, 0.3) is 0 Å². The van der Waals surface area contributed by atoms with E-state index in [1.165, 1.54) is 25.7 Å². The van der Waals surface area contributed by atoms with Crippen LogP contribution < -0.4 is 0 Å². The first kappa shape index (κ1) is 15.8. The summed E-state index contributed by atoms with van der Waals surface area (Å²) in [7, 11) is 0. The number of carboxylic acid groups (broad SMARTS) is 1. The first-order chi connectivity index (χ1) is 9.63. The van der Waals surface area contributed by atoms with Gasteiger partial charge in [-0.25, -0.2) is 0 Å². The monoisotopic (exact) mass is 283 g/mol. The van der Waals surface area contributed by atoms with E-state index in [-0.39, 0.29) is 6.10 Å². The summed E-state index contributed by atoms with van der Waals surface area (Å²) in [6.07, 6.45) is 9.37. The van der Waals surface area contributed by atoms with Gasteiger partial charge in [0, 0.05) is 13.0 Å². The molecule has 0 aromatic rings. The molecule has 2 fully saturated rings. The Balaban J connectivity index is 1.59. The molecule has 20 heavy (non-hydrogen) atoms. The van der Waals surface area contributed by atoms with Crippen LogP contribution in [-0.2, 0) is 4.79 Å². The van der Waals surface area contributed by atoms with Crippen molar-refractivity contribution in [3.63, 3.8) is 0 Å². The third-order valence-corrected chi connectivity index (χ3v) is 5.02. The summed E-state index contributed by atoms with van der Waals surface area (Å²) in [5, 5.41) is 18.9. The van der Waals surface area contributed by atoms with Gasteiger partial charge in [0.1, 0.15) is 0 Å². The maximum Gasteiger partial charge on any atom is 0.303 e. The molecule has 4 heteroatoms. The van der Waals surface area contributed by atoms with E-state index < -0.39 is 5.97 Å². The minimum atomic E-state index is -0.681. The van der Waals surface area contributed by atoms with Crippen molar-refractivity contribution in [2.75, 3.05) is 19.6 Å². The van der Waals surface area contributed by atoms with E-state index >= 15 is 0 Å². The van der Waals surface area contributed by atoms with Crippen LogP contribution in [0.4, 0.5) is 0 Å². The first-order valence-corrected chi connectivity index (χ1v) is 8.25. The summed E-state index contributed by atoms with van der Waals surface area (Å²) >= 11 is 0. The highest BCUT2D eigenvalue weighted by molar-refractivity contribution is 5.66. The van der Waals surface area contributed by atoms with E-state index in [0.717, 1.165) is 51.2 Å². The number of aliphatic carboxylic acids is 1. The summed E-state index contributed by atoms with van der Waals surface area (Å²) in [6, 6.07) is 0. The smallest absolute Gasteiger partial charge is 0.303 e. The fourth-order valence-corrected chi connectivity index (χ4v) is 3.79. The average Bonchev–Trinajstić information content (AvgIpc) is 2.90. The van der Waals surface area contributed by atoms with E-state index in [9.17, 15) is 9.90 Å². The Hall–Kier alpha value is -0.610. The van der Waals surface area contributed by atoms with Crippen molar-refractivity contribution in [3.05, 3.63) is 0 Å². The zero-order chi connectivity index (χ0) is 14.4. The van der Waals surface area contributed by atoms with E-state index in [2.05, 4.69) is 4.90 Å². The maximum atomic E-state index is 10.6. The van der Waals surface area contributed by atoms with Crippen molar-refractivity contribution in [1.29, 1.82) is 0 Å². The molecule has 0 spiro atoms. The lowest BCUT2D eigenvalue weighted by molar-refractivity contribution is -0.137. The highest BCUT2D eigenvalue weighted by atomic mass is 16.4. The fourth-order valence-electron chi connectivity index (χ4n) is 3.79. The quantitative estimate of drug-likeness (QED) is 0.753. The van der Waals surface area contributed by atoms with Gasteiger partial charge in [-0.15, -0.1) is 0 Å². The number of aliphatic hydroxyl groups excluding tert-OH is 1. The van der Waals surface area contributed by atoms with Crippen molar-refractivity contribution < 1.29 is 15.0 Å². The molecule has 1 unspecified atom stereocenters. The number of carbonyl (C=O) groups is 1. The Kier molecular flexibility index (Phi) is 6.30. The highest BCUT2D eigenvalue weighted by Gasteiger charge is 2.24. The minimum Gasteiger partial charge on any atom is -0.481 e. The standard InChI is InChI=1S/C16H29NO3/c18-15(11-14-3-1-2-4-14)12-17-9-7-13(8-10-17)5-6-16(19)20/h13-15,18H,1-12H2,(H,19,20). The van der Waals surface area contributed by atoms with Crippen molar-refractivity contribution in [2.45, 2.75) is 63.9 Å². The second-order valence-corrected chi connectivity index (χ2v) is 6.72. The lowest BCUT2D eigenvalue weighted by atomic mass is 9.91. The Morgan fingerprint density at radius 3 is 2.35 bits per heavy atom. The molecular formula is C16H29NO3. The Morgan fingerprint density at radius 2 is 1.75 bits per heavy atom. The number of nitrogens with zero attached hydrogens (tertiary/aromatic N) is 1. The van der Waals surface area contributed by atoms with Gasteiger partial charge in [-0.2, -0.15) is 0 Å². The topological polar surface area (TPSA) is 60.8 Å². The molecule has 1 saturated carbocycles. The minimum absolute atomic E-state index is 0.173. The van der Waals surface area contributed by atoms with Gasteiger partial charge in [-0.05, 0) is 50.6 Å². The third kappa shape index (κ3) is 5.41. The highest BCUT2D eigenvalue weighted by Crippen LogP contribution is 2.29. The number of hydrogen-bond acceptors (Lipinski definition) is 3. The number of hydrogen-bond donors (Lipinski definition) is 2. The predicted octanol–water partition coefficient (Wildman–Crippen LogP) is 2.50. The van der Waals surface area contributed by atoms with E-state index in [1.54, 1.807) is 0 Å². The zero-order valence-corrected chi connectivity index (χ0v) is 12.5. The number of rotatable bonds is 7. The second-order valence-electron chi connectivity index (χ2n) is 6.72. The Bertz CT molecular complexity index is 294. The molecule has 0 aromatic heterocycles. The number of piperidine rings is 1. The molecule has 2 rings (SSSR count). The molecule has 0 amide bonds. The predicted molar refractivity (Wildman–Crippen MR) is 78.6 cm³/mol. The molecule has 2 N–H and O–H groups in total. The van der Waals surface area contributed by atoms with Crippen LogP contribution >= 0.6 is 0 Å². The summed E-state index contributed by atoms with van der Waals surface area (Å²) in [4.78, 5) is 12.9. The second kappa shape index (κ2) is 7.99. The van der Waals surface area contributed by atoms with Gasteiger partial charge >= 0.3 is 5.97 Å². The molecule has 0 aromatic carbocycles. The van der Waals surface area contributed by atoms with Gasteiger partial charge in [0.25, 0.3) is 0 Å². The summed E-state index contributed by atoms with van der Waals surface area (Å²) in [6.45, 7) is 2.85. The lowest BCUT2D eigenvalue weighted by Gasteiger charge is -2.33. The van der Waals surface area contributed by atoms with Crippen LogP contribution in [0.5, 0.6) is 0 Å². The van der Waals surface area contributed by atoms with Crippen LogP contribution in [0, 0.1) is 11.8 Å². The van der Waals surface area contributed by atoms with Crippen LogP contribution in [0.2, 0.25) is 0 Å². The molecule has 1 heterocycles. The van der Waals surface area contributed by atoms with Crippen molar-refractivity contribution in [2.24, 2.45) is 11.8 Å². The molecule has 2 aliphatic rings. The van der Waals surface area contributed by atoms with Crippen LogP contribution in [0.3, 0.4) is 0 Å². The first-order valence-electron chi connectivity index (χ1n) is 8.25. The molecule has 0 radical (unpaired) electrons. The normalized spacial score (nSPS) is 24.1. The van der Waals surface area contributed by atoms with E-state index in [4.69, 9.17) is 5.11 Å². The van der Waals surface area contributed by atoms with Crippen LogP contribution in [0.1, 0.15) is 57.8 Å². The van der Waals surface area contributed by atoms with Gasteiger partial charge in [0.15, 0.2) is 0 Å². The largest absolute Gasteiger partial charge is 0.481 e. The third-order valence-electron chi connectivity index (χ3n) is 5.02. The van der Waals surface area contributed by atoms with Crippen LogP contribution in [0.15, 0.2) is 0 Å². The van der Waals surface area contributed by atoms with Crippen molar-refractivity contribution in [3.8, 4) is 0 Å².